The zero-order valence-electron chi connectivity index (χ0n) is 21.1. The molecule has 0 unspecified atom stereocenters. The Hall–Kier alpha value is -5.18. The summed E-state index contributed by atoms with van der Waals surface area (Å²) in [5.74, 6) is 0.0859. The third-order valence-electron chi connectivity index (χ3n) is 6.41. The van der Waals surface area contributed by atoms with Gasteiger partial charge in [-0.3, -0.25) is 14.7 Å². The molecule has 2 N–H and O–H groups in total. The molecule has 4 aromatic carbocycles. The zero-order valence-corrected chi connectivity index (χ0v) is 21.1. The predicted octanol–water partition coefficient (Wildman–Crippen LogP) is 7.38. The van der Waals surface area contributed by atoms with Crippen LogP contribution in [0, 0.1) is 0 Å². The highest BCUT2D eigenvalue weighted by molar-refractivity contribution is 6.17. The SMILES string of the molecule is COc1cccc(N(C(N)=O)c2cccc(-c3c(C(=O)c4ccccc4)cnc4c(C(F)(F)F)cccc34)c2)c1. The lowest BCUT2D eigenvalue weighted by Gasteiger charge is -2.22. The van der Waals surface area contributed by atoms with Crippen LogP contribution in [-0.2, 0) is 6.18 Å². The molecular formula is C31H22F3N3O3. The zero-order chi connectivity index (χ0) is 28.4. The van der Waals surface area contributed by atoms with Crippen molar-refractivity contribution in [3.63, 3.8) is 0 Å². The summed E-state index contributed by atoms with van der Waals surface area (Å²) in [5, 5.41) is 0.140. The number of rotatable bonds is 6. The van der Waals surface area contributed by atoms with Crippen molar-refractivity contribution in [3.05, 3.63) is 120 Å². The quantitative estimate of drug-likeness (QED) is 0.227. The number of nitrogens with two attached hydrogens (primary N) is 1. The molecule has 0 aliphatic rings. The monoisotopic (exact) mass is 541 g/mol. The number of fused-ring (bicyclic) bond motifs is 1. The van der Waals surface area contributed by atoms with Gasteiger partial charge < -0.3 is 10.5 Å². The van der Waals surface area contributed by atoms with Crippen LogP contribution in [0.4, 0.5) is 29.3 Å². The van der Waals surface area contributed by atoms with Crippen molar-refractivity contribution in [1.29, 1.82) is 0 Å². The van der Waals surface area contributed by atoms with Crippen LogP contribution in [0.5, 0.6) is 5.75 Å². The van der Waals surface area contributed by atoms with E-state index in [0.29, 0.717) is 28.3 Å². The van der Waals surface area contributed by atoms with Gasteiger partial charge in [0.2, 0.25) is 0 Å². The van der Waals surface area contributed by atoms with Crippen molar-refractivity contribution >= 4 is 34.1 Å². The first-order valence-corrected chi connectivity index (χ1v) is 12.1. The molecule has 0 spiro atoms. The van der Waals surface area contributed by atoms with Crippen LogP contribution in [0.1, 0.15) is 21.5 Å². The summed E-state index contributed by atoms with van der Waals surface area (Å²) < 4.78 is 47.0. The standard InChI is InChI=1S/C31H22F3N3O3/c1-40-23-13-6-12-22(17-23)37(30(35)39)21-11-5-10-20(16-21)27-24-14-7-15-26(31(32,33)34)28(24)36-18-25(27)29(38)19-8-3-2-4-9-19/h2-18H,1H3,(H2,35,39). The number of hydrogen-bond acceptors (Lipinski definition) is 4. The van der Waals surface area contributed by atoms with Crippen molar-refractivity contribution in [2.24, 2.45) is 5.73 Å². The van der Waals surface area contributed by atoms with Crippen molar-refractivity contribution < 1.29 is 27.5 Å². The van der Waals surface area contributed by atoms with Crippen LogP contribution < -0.4 is 15.4 Å². The largest absolute Gasteiger partial charge is 0.497 e. The van der Waals surface area contributed by atoms with Gasteiger partial charge in [-0.2, -0.15) is 13.2 Å². The highest BCUT2D eigenvalue weighted by atomic mass is 19.4. The summed E-state index contributed by atoms with van der Waals surface area (Å²) in [5.41, 5.74) is 6.41. The van der Waals surface area contributed by atoms with Gasteiger partial charge in [0.1, 0.15) is 5.75 Å². The van der Waals surface area contributed by atoms with E-state index in [1.54, 1.807) is 78.9 Å². The third kappa shape index (κ3) is 4.96. The number of nitrogens with zero attached hydrogens (tertiary/aromatic N) is 2. The molecule has 0 radical (unpaired) electrons. The molecule has 0 bridgehead atoms. The van der Waals surface area contributed by atoms with E-state index in [4.69, 9.17) is 10.5 Å². The van der Waals surface area contributed by atoms with Crippen LogP contribution in [0.3, 0.4) is 0 Å². The molecule has 0 fully saturated rings. The van der Waals surface area contributed by atoms with E-state index >= 15 is 0 Å². The summed E-state index contributed by atoms with van der Waals surface area (Å²) in [6.07, 6.45) is -3.49. The lowest BCUT2D eigenvalue weighted by molar-refractivity contribution is -0.136. The summed E-state index contributed by atoms with van der Waals surface area (Å²) in [6.45, 7) is 0. The molecule has 0 aliphatic heterocycles. The molecule has 0 aliphatic carbocycles. The summed E-state index contributed by atoms with van der Waals surface area (Å²) >= 11 is 0. The van der Waals surface area contributed by atoms with Gasteiger partial charge in [-0.15, -0.1) is 0 Å². The molecule has 40 heavy (non-hydrogen) atoms. The Morgan fingerprint density at radius 1 is 0.850 bits per heavy atom. The predicted molar refractivity (Wildman–Crippen MR) is 147 cm³/mol. The molecule has 1 aromatic heterocycles. The molecule has 200 valence electrons. The van der Waals surface area contributed by atoms with Gasteiger partial charge >= 0.3 is 12.2 Å². The molecule has 0 saturated heterocycles. The van der Waals surface area contributed by atoms with E-state index in [2.05, 4.69) is 4.98 Å². The highest BCUT2D eigenvalue weighted by Gasteiger charge is 2.34. The van der Waals surface area contributed by atoms with Gasteiger partial charge in [-0.1, -0.05) is 60.7 Å². The van der Waals surface area contributed by atoms with Crippen molar-refractivity contribution in [2.75, 3.05) is 12.0 Å². The summed E-state index contributed by atoms with van der Waals surface area (Å²) in [7, 11) is 1.49. The number of primary amides is 1. The number of pyridine rings is 1. The number of alkyl halides is 3. The van der Waals surface area contributed by atoms with E-state index in [9.17, 15) is 22.8 Å². The Morgan fingerprint density at radius 2 is 1.52 bits per heavy atom. The van der Waals surface area contributed by atoms with Crippen molar-refractivity contribution in [3.8, 4) is 16.9 Å². The van der Waals surface area contributed by atoms with Gasteiger partial charge in [0.25, 0.3) is 0 Å². The first-order valence-electron chi connectivity index (χ1n) is 12.1. The lowest BCUT2D eigenvalue weighted by Crippen LogP contribution is -2.31. The Balaban J connectivity index is 1.77. The van der Waals surface area contributed by atoms with E-state index in [-0.39, 0.29) is 22.0 Å². The van der Waals surface area contributed by atoms with E-state index in [0.717, 1.165) is 6.07 Å². The topological polar surface area (TPSA) is 85.5 Å². The average molecular weight is 542 g/mol. The Bertz CT molecular complexity index is 1740. The minimum atomic E-state index is -4.66. The number of benzene rings is 4. The molecule has 5 rings (SSSR count). The fraction of sp³-hybridized carbons (Fsp3) is 0.0645. The summed E-state index contributed by atoms with van der Waals surface area (Å²) in [6, 6.07) is 24.6. The van der Waals surface area contributed by atoms with Gasteiger partial charge in [0.15, 0.2) is 5.78 Å². The van der Waals surface area contributed by atoms with Crippen LogP contribution in [0.15, 0.2) is 103 Å². The fourth-order valence-corrected chi connectivity index (χ4v) is 4.63. The maximum Gasteiger partial charge on any atom is 0.418 e. The number of para-hydroxylation sites is 1. The van der Waals surface area contributed by atoms with E-state index in [1.807, 2.05) is 0 Å². The smallest absolute Gasteiger partial charge is 0.418 e. The van der Waals surface area contributed by atoms with Gasteiger partial charge in [-0.05, 0) is 35.9 Å². The molecule has 5 aromatic rings. The molecule has 1 heterocycles. The molecule has 9 heteroatoms. The van der Waals surface area contributed by atoms with Crippen molar-refractivity contribution in [2.45, 2.75) is 6.18 Å². The average Bonchev–Trinajstić information content (AvgIpc) is 2.96. The minimum absolute atomic E-state index is 0.113. The Kier molecular flexibility index (Phi) is 6.96. The second kappa shape index (κ2) is 10.5. The first-order chi connectivity index (χ1) is 19.2. The number of urea groups is 1. The number of hydrogen-bond donors (Lipinski definition) is 1. The van der Waals surface area contributed by atoms with Gasteiger partial charge in [-0.25, -0.2) is 4.79 Å². The molecule has 0 saturated carbocycles. The number of halogens is 3. The third-order valence-corrected chi connectivity index (χ3v) is 6.41. The minimum Gasteiger partial charge on any atom is -0.497 e. The molecule has 6 nitrogen and oxygen atoms in total. The maximum atomic E-state index is 13.9. The van der Waals surface area contributed by atoms with Crippen LogP contribution in [0.25, 0.3) is 22.0 Å². The number of methoxy groups -OCH3 is 1. The van der Waals surface area contributed by atoms with Crippen molar-refractivity contribution in [1.82, 2.24) is 4.98 Å². The van der Waals surface area contributed by atoms with Crippen LogP contribution >= 0.6 is 0 Å². The molecular weight excluding hydrogens is 519 g/mol. The first kappa shape index (κ1) is 26.4. The van der Waals surface area contributed by atoms with E-state index < -0.39 is 23.6 Å². The van der Waals surface area contributed by atoms with E-state index in [1.165, 1.54) is 30.3 Å². The van der Waals surface area contributed by atoms with Crippen LogP contribution in [0.2, 0.25) is 0 Å². The number of ketones is 1. The number of ether oxygens (including phenoxy) is 1. The van der Waals surface area contributed by atoms with Gasteiger partial charge in [0, 0.05) is 34.3 Å². The number of anilines is 2. The van der Waals surface area contributed by atoms with Gasteiger partial charge in [0.05, 0.1) is 29.6 Å². The molecule has 0 atom stereocenters. The molecule has 2 amide bonds. The van der Waals surface area contributed by atoms with Crippen LogP contribution in [-0.4, -0.2) is 23.9 Å². The number of amides is 2. The number of carbonyl (C=O) groups excluding carboxylic acids is 2. The maximum absolute atomic E-state index is 13.9. The lowest BCUT2D eigenvalue weighted by atomic mass is 9.91. The Labute approximate surface area is 227 Å². The Morgan fingerprint density at radius 3 is 2.20 bits per heavy atom. The second-order valence-electron chi connectivity index (χ2n) is 8.87. The normalized spacial score (nSPS) is 11.3. The fourth-order valence-electron chi connectivity index (χ4n) is 4.63. The number of aromatic nitrogens is 1. The highest BCUT2D eigenvalue weighted by Crippen LogP contribution is 2.40. The second-order valence-corrected chi connectivity index (χ2v) is 8.87. The summed E-state index contributed by atoms with van der Waals surface area (Å²) in [4.78, 5) is 31.6. The number of carbonyl (C=O) groups is 2.